The summed E-state index contributed by atoms with van der Waals surface area (Å²) >= 11 is 0. The minimum atomic E-state index is -0.191. The Hall–Kier alpha value is -2.13. The first kappa shape index (κ1) is 11.0. The molecule has 0 aliphatic rings. The van der Waals surface area contributed by atoms with E-state index in [2.05, 4.69) is 15.6 Å². The average Bonchev–Trinajstić information content (AvgIpc) is 2.77. The number of hydrogen-bond donors (Lipinski definition) is 1. The monoisotopic (exact) mass is 237 g/mol. The van der Waals surface area contributed by atoms with Crippen molar-refractivity contribution in [3.05, 3.63) is 66.0 Å². The second-order valence-electron chi connectivity index (χ2n) is 4.41. The molecular formula is C15H15N3. The molecule has 3 heteroatoms. The summed E-state index contributed by atoms with van der Waals surface area (Å²) in [6, 6.07) is 17.9. The fourth-order valence-corrected chi connectivity index (χ4v) is 2.25. The lowest BCUT2D eigenvalue weighted by Crippen LogP contribution is -2.16. The van der Waals surface area contributed by atoms with Crippen molar-refractivity contribution in [1.29, 1.82) is 0 Å². The van der Waals surface area contributed by atoms with E-state index in [1.807, 2.05) is 55.6 Å². The van der Waals surface area contributed by atoms with Gasteiger partial charge in [-0.3, -0.25) is 0 Å². The molecule has 0 radical (unpaired) electrons. The molecule has 0 spiro atoms. The van der Waals surface area contributed by atoms with E-state index in [-0.39, 0.29) is 6.04 Å². The Morgan fingerprint density at radius 3 is 2.39 bits per heavy atom. The van der Waals surface area contributed by atoms with Crippen LogP contribution in [0.5, 0.6) is 0 Å². The Kier molecular flexibility index (Phi) is 2.61. The van der Waals surface area contributed by atoms with Crippen molar-refractivity contribution in [1.82, 2.24) is 9.55 Å². The number of benzene rings is 2. The molecule has 18 heavy (non-hydrogen) atoms. The molecule has 0 fully saturated rings. The highest BCUT2D eigenvalue weighted by molar-refractivity contribution is 5.76. The highest BCUT2D eigenvalue weighted by Gasteiger charge is 2.15. The molecule has 3 rings (SSSR count). The molecule has 1 atom stereocenters. The van der Waals surface area contributed by atoms with Crippen LogP contribution in [0, 0.1) is 0 Å². The number of aromatic nitrogens is 2. The molecule has 0 saturated heterocycles. The first-order chi connectivity index (χ1) is 8.77. The van der Waals surface area contributed by atoms with Crippen LogP contribution < -0.4 is 5.73 Å². The van der Waals surface area contributed by atoms with Gasteiger partial charge in [0.25, 0.3) is 0 Å². The summed E-state index contributed by atoms with van der Waals surface area (Å²) < 4.78 is 2.06. The van der Waals surface area contributed by atoms with Crippen LogP contribution >= 0.6 is 0 Å². The minimum absolute atomic E-state index is 0.191. The van der Waals surface area contributed by atoms with Gasteiger partial charge in [0.1, 0.15) is 5.82 Å². The Morgan fingerprint density at radius 1 is 1.00 bits per heavy atom. The summed E-state index contributed by atoms with van der Waals surface area (Å²) in [4.78, 5) is 4.63. The largest absolute Gasteiger partial charge is 0.330 e. The van der Waals surface area contributed by atoms with Gasteiger partial charge in [-0.1, -0.05) is 42.5 Å². The van der Waals surface area contributed by atoms with Crippen molar-refractivity contribution in [3.8, 4) is 0 Å². The molecule has 0 aliphatic carbocycles. The second kappa shape index (κ2) is 4.27. The molecule has 2 N–H and O–H groups in total. The zero-order valence-electron chi connectivity index (χ0n) is 10.2. The van der Waals surface area contributed by atoms with E-state index in [4.69, 9.17) is 5.73 Å². The van der Waals surface area contributed by atoms with Crippen molar-refractivity contribution in [2.75, 3.05) is 0 Å². The Morgan fingerprint density at radius 2 is 1.67 bits per heavy atom. The highest BCUT2D eigenvalue weighted by atomic mass is 15.1. The van der Waals surface area contributed by atoms with Crippen LogP contribution in [-0.2, 0) is 7.05 Å². The summed E-state index contributed by atoms with van der Waals surface area (Å²) in [6.07, 6.45) is 0. The van der Waals surface area contributed by atoms with E-state index in [1.165, 1.54) is 0 Å². The third-order valence-electron chi connectivity index (χ3n) is 3.26. The van der Waals surface area contributed by atoms with Gasteiger partial charge < -0.3 is 10.3 Å². The Balaban J connectivity index is 2.12. The van der Waals surface area contributed by atoms with Crippen LogP contribution in [-0.4, -0.2) is 9.55 Å². The van der Waals surface area contributed by atoms with Gasteiger partial charge in [0.05, 0.1) is 17.1 Å². The number of fused-ring (bicyclic) bond motifs is 1. The lowest BCUT2D eigenvalue weighted by atomic mass is 10.1. The molecule has 0 unspecified atom stereocenters. The first-order valence-corrected chi connectivity index (χ1v) is 5.99. The highest BCUT2D eigenvalue weighted by Crippen LogP contribution is 2.22. The van der Waals surface area contributed by atoms with Crippen molar-refractivity contribution >= 4 is 11.0 Å². The van der Waals surface area contributed by atoms with Gasteiger partial charge in [-0.15, -0.1) is 0 Å². The van der Waals surface area contributed by atoms with Gasteiger partial charge in [0.15, 0.2) is 0 Å². The number of rotatable bonds is 2. The topological polar surface area (TPSA) is 43.8 Å². The smallest absolute Gasteiger partial charge is 0.131 e. The summed E-state index contributed by atoms with van der Waals surface area (Å²) in [6.45, 7) is 0. The van der Waals surface area contributed by atoms with Gasteiger partial charge in [0.2, 0.25) is 0 Å². The summed E-state index contributed by atoms with van der Waals surface area (Å²) in [7, 11) is 2.01. The van der Waals surface area contributed by atoms with E-state index < -0.39 is 0 Å². The van der Waals surface area contributed by atoms with Crippen LogP contribution in [0.15, 0.2) is 54.6 Å². The van der Waals surface area contributed by atoms with Crippen molar-refractivity contribution in [3.63, 3.8) is 0 Å². The van der Waals surface area contributed by atoms with E-state index >= 15 is 0 Å². The summed E-state index contributed by atoms with van der Waals surface area (Å²) in [5.74, 6) is 0.891. The number of aryl methyl sites for hydroxylation is 1. The molecule has 0 bridgehead atoms. The fraction of sp³-hybridized carbons (Fsp3) is 0.133. The number of imidazole rings is 1. The average molecular weight is 237 g/mol. The van der Waals surface area contributed by atoms with Crippen molar-refractivity contribution < 1.29 is 0 Å². The predicted molar refractivity (Wildman–Crippen MR) is 73.2 cm³/mol. The normalized spacial score (nSPS) is 12.8. The molecule has 1 heterocycles. The standard InChI is InChI=1S/C15H15N3/c1-18-13-10-6-5-9-12(13)17-15(18)14(16)11-7-3-2-4-8-11/h2-10,14H,16H2,1H3/t14-/m1/s1. The zero-order chi connectivity index (χ0) is 12.5. The van der Waals surface area contributed by atoms with Gasteiger partial charge in [-0.2, -0.15) is 0 Å². The van der Waals surface area contributed by atoms with Gasteiger partial charge in [-0.25, -0.2) is 4.98 Å². The van der Waals surface area contributed by atoms with Gasteiger partial charge in [0, 0.05) is 7.05 Å². The fourth-order valence-electron chi connectivity index (χ4n) is 2.25. The maximum atomic E-state index is 6.30. The number of hydrogen-bond acceptors (Lipinski definition) is 2. The SMILES string of the molecule is Cn1c([C@H](N)c2ccccc2)nc2ccccc21. The molecular weight excluding hydrogens is 222 g/mol. The molecule has 3 aromatic rings. The molecule has 0 amide bonds. The summed E-state index contributed by atoms with van der Waals surface area (Å²) in [5.41, 5.74) is 9.47. The molecule has 2 aromatic carbocycles. The van der Waals surface area contributed by atoms with E-state index in [9.17, 15) is 0 Å². The van der Waals surface area contributed by atoms with Crippen molar-refractivity contribution in [2.24, 2.45) is 12.8 Å². The van der Waals surface area contributed by atoms with Crippen LogP contribution in [0.25, 0.3) is 11.0 Å². The Bertz CT molecular complexity index is 671. The van der Waals surface area contributed by atoms with E-state index in [0.717, 1.165) is 22.4 Å². The lowest BCUT2D eigenvalue weighted by Gasteiger charge is -2.11. The maximum Gasteiger partial charge on any atom is 0.131 e. The molecule has 1 aromatic heterocycles. The maximum absolute atomic E-state index is 6.30. The first-order valence-electron chi connectivity index (χ1n) is 5.99. The number of nitrogens with two attached hydrogens (primary N) is 1. The predicted octanol–water partition coefficient (Wildman–Crippen LogP) is 2.62. The van der Waals surface area contributed by atoms with Crippen LogP contribution in [0.1, 0.15) is 17.4 Å². The minimum Gasteiger partial charge on any atom is -0.330 e. The van der Waals surface area contributed by atoms with Crippen LogP contribution in [0.3, 0.4) is 0 Å². The quantitative estimate of drug-likeness (QED) is 0.744. The molecule has 3 nitrogen and oxygen atoms in total. The van der Waals surface area contributed by atoms with E-state index in [0.29, 0.717) is 0 Å². The van der Waals surface area contributed by atoms with Crippen LogP contribution in [0.4, 0.5) is 0 Å². The Labute approximate surface area is 106 Å². The third kappa shape index (κ3) is 1.69. The lowest BCUT2D eigenvalue weighted by molar-refractivity contribution is 0.728. The summed E-state index contributed by atoms with van der Waals surface area (Å²) in [5, 5.41) is 0. The number of nitrogens with zero attached hydrogens (tertiary/aromatic N) is 2. The van der Waals surface area contributed by atoms with Gasteiger partial charge >= 0.3 is 0 Å². The number of para-hydroxylation sites is 2. The second-order valence-corrected chi connectivity index (χ2v) is 4.41. The van der Waals surface area contributed by atoms with Gasteiger partial charge in [-0.05, 0) is 17.7 Å². The van der Waals surface area contributed by atoms with Crippen molar-refractivity contribution in [2.45, 2.75) is 6.04 Å². The molecule has 0 saturated carbocycles. The third-order valence-corrected chi connectivity index (χ3v) is 3.26. The molecule has 90 valence electrons. The van der Waals surface area contributed by atoms with Crippen LogP contribution in [0.2, 0.25) is 0 Å². The zero-order valence-corrected chi connectivity index (χ0v) is 10.2. The van der Waals surface area contributed by atoms with E-state index in [1.54, 1.807) is 0 Å². The molecule has 0 aliphatic heterocycles.